The van der Waals surface area contributed by atoms with Crippen LogP contribution < -0.4 is 10.2 Å². The Morgan fingerprint density at radius 2 is 1.61 bits per heavy atom. The van der Waals surface area contributed by atoms with Crippen molar-refractivity contribution >= 4 is 17.6 Å². The van der Waals surface area contributed by atoms with Gasteiger partial charge in [0, 0.05) is 24.3 Å². The number of hydrogen-bond acceptors (Lipinski definition) is 3. The maximum atomic E-state index is 13.1. The molecule has 0 spiro atoms. The van der Waals surface area contributed by atoms with E-state index in [1.807, 2.05) is 18.2 Å². The van der Waals surface area contributed by atoms with Gasteiger partial charge >= 0.3 is 5.97 Å². The number of nitrogens with zero attached hydrogens (tertiary/aromatic N) is 1. The van der Waals surface area contributed by atoms with E-state index in [-0.39, 0.29) is 23.9 Å². The molecular formula is C28H30N2O3. The third-order valence-electron chi connectivity index (χ3n) is 6.29. The highest BCUT2D eigenvalue weighted by Gasteiger charge is 2.25. The minimum absolute atomic E-state index is 0.0974. The van der Waals surface area contributed by atoms with Crippen molar-refractivity contribution in [2.24, 2.45) is 0 Å². The number of hydrogen-bond donors (Lipinski definition) is 2. The van der Waals surface area contributed by atoms with Crippen molar-refractivity contribution in [3.8, 4) is 0 Å². The van der Waals surface area contributed by atoms with Crippen LogP contribution in [-0.2, 0) is 11.2 Å². The maximum absolute atomic E-state index is 13.1. The number of carboxylic acids is 1. The molecule has 2 N–H and O–H groups in total. The fraction of sp³-hybridized carbons (Fsp3) is 0.286. The van der Waals surface area contributed by atoms with Crippen LogP contribution in [0.5, 0.6) is 0 Å². The van der Waals surface area contributed by atoms with Gasteiger partial charge in [-0.05, 0) is 61.1 Å². The van der Waals surface area contributed by atoms with Gasteiger partial charge in [-0.1, -0.05) is 54.6 Å². The lowest BCUT2D eigenvalue weighted by Gasteiger charge is -2.34. The highest BCUT2D eigenvalue weighted by molar-refractivity contribution is 5.88. The molecule has 4 rings (SSSR count). The standard InChI is InChI=1S/C28H30N2O3/c1-20-9-8-12-24(30-17-6-3-7-18-30)26(20)27(22-10-4-2-5-11-22)29-25(31)19-21-13-15-23(16-14-21)28(32)33/h2,4-5,8-16,27H,3,6-7,17-19H2,1H3,(H,29,31)(H,32,33). The summed E-state index contributed by atoms with van der Waals surface area (Å²) in [6.45, 7) is 4.17. The molecule has 5 heteroatoms. The number of carbonyl (C=O) groups is 2. The Morgan fingerprint density at radius 1 is 0.909 bits per heavy atom. The number of carbonyl (C=O) groups excluding carboxylic acids is 1. The summed E-state index contributed by atoms with van der Waals surface area (Å²) in [4.78, 5) is 26.7. The minimum Gasteiger partial charge on any atom is -0.478 e. The molecule has 3 aromatic rings. The summed E-state index contributed by atoms with van der Waals surface area (Å²) in [6, 6.07) is 22.7. The first kappa shape index (κ1) is 22.6. The Morgan fingerprint density at radius 3 is 2.27 bits per heavy atom. The molecule has 0 radical (unpaired) electrons. The second kappa shape index (κ2) is 10.3. The molecule has 1 heterocycles. The molecule has 5 nitrogen and oxygen atoms in total. The zero-order valence-electron chi connectivity index (χ0n) is 19.0. The van der Waals surface area contributed by atoms with Gasteiger partial charge in [0.15, 0.2) is 0 Å². The van der Waals surface area contributed by atoms with Crippen LogP contribution in [0.2, 0.25) is 0 Å². The average molecular weight is 443 g/mol. The van der Waals surface area contributed by atoms with Crippen LogP contribution in [-0.4, -0.2) is 30.1 Å². The first-order valence-corrected chi connectivity index (χ1v) is 11.5. The molecule has 0 saturated carbocycles. The van der Waals surface area contributed by atoms with E-state index in [2.05, 4.69) is 47.5 Å². The molecule has 3 aromatic carbocycles. The summed E-state index contributed by atoms with van der Waals surface area (Å²) in [6.07, 6.45) is 3.81. The predicted octanol–water partition coefficient (Wildman–Crippen LogP) is 5.13. The monoisotopic (exact) mass is 442 g/mol. The second-order valence-electron chi connectivity index (χ2n) is 8.65. The molecule has 1 atom stereocenters. The number of carboxylic acid groups (broad SMARTS) is 1. The second-order valence-corrected chi connectivity index (χ2v) is 8.65. The molecule has 0 bridgehead atoms. The quantitative estimate of drug-likeness (QED) is 0.532. The van der Waals surface area contributed by atoms with Crippen molar-refractivity contribution in [2.45, 2.75) is 38.6 Å². The van der Waals surface area contributed by atoms with Crippen LogP contribution in [0.25, 0.3) is 0 Å². The van der Waals surface area contributed by atoms with Crippen molar-refractivity contribution in [1.82, 2.24) is 5.32 Å². The van der Waals surface area contributed by atoms with Crippen molar-refractivity contribution in [1.29, 1.82) is 0 Å². The lowest BCUT2D eigenvalue weighted by Crippen LogP contribution is -2.35. The van der Waals surface area contributed by atoms with E-state index in [1.165, 1.54) is 37.1 Å². The number of nitrogens with one attached hydrogen (secondary N) is 1. The third kappa shape index (κ3) is 5.43. The predicted molar refractivity (Wildman–Crippen MR) is 131 cm³/mol. The van der Waals surface area contributed by atoms with Gasteiger partial charge in [0.25, 0.3) is 0 Å². The zero-order valence-corrected chi connectivity index (χ0v) is 19.0. The van der Waals surface area contributed by atoms with Gasteiger partial charge in [-0.15, -0.1) is 0 Å². The summed E-state index contributed by atoms with van der Waals surface area (Å²) in [7, 11) is 0. The normalized spacial score (nSPS) is 14.5. The maximum Gasteiger partial charge on any atom is 0.335 e. The van der Waals surface area contributed by atoms with E-state index in [0.29, 0.717) is 0 Å². The zero-order chi connectivity index (χ0) is 23.2. The number of piperidine rings is 1. The fourth-order valence-electron chi connectivity index (χ4n) is 4.58. The third-order valence-corrected chi connectivity index (χ3v) is 6.29. The van der Waals surface area contributed by atoms with E-state index < -0.39 is 5.97 Å². The molecule has 0 aliphatic carbocycles. The SMILES string of the molecule is Cc1cccc(N2CCCCC2)c1C(NC(=O)Cc1ccc(C(=O)O)cc1)c1ccccc1. The van der Waals surface area contributed by atoms with Crippen LogP contribution in [0.3, 0.4) is 0 Å². The number of amides is 1. The van der Waals surface area contributed by atoms with Crippen LogP contribution in [0, 0.1) is 6.92 Å². The molecule has 1 saturated heterocycles. The summed E-state index contributed by atoms with van der Waals surface area (Å²) in [5, 5.41) is 12.4. The molecule has 33 heavy (non-hydrogen) atoms. The van der Waals surface area contributed by atoms with E-state index >= 15 is 0 Å². The van der Waals surface area contributed by atoms with Gasteiger partial charge in [0.2, 0.25) is 5.91 Å². The van der Waals surface area contributed by atoms with Crippen molar-refractivity contribution in [3.63, 3.8) is 0 Å². The summed E-state index contributed by atoms with van der Waals surface area (Å²) in [5.74, 6) is -1.07. The van der Waals surface area contributed by atoms with Crippen molar-refractivity contribution in [3.05, 3.63) is 101 Å². The summed E-state index contributed by atoms with van der Waals surface area (Å²) < 4.78 is 0. The first-order valence-electron chi connectivity index (χ1n) is 11.5. The lowest BCUT2D eigenvalue weighted by molar-refractivity contribution is -0.120. The Labute approximate surface area is 195 Å². The topological polar surface area (TPSA) is 69.6 Å². The smallest absolute Gasteiger partial charge is 0.335 e. The molecule has 1 aliphatic rings. The Hall–Kier alpha value is -3.60. The average Bonchev–Trinajstić information content (AvgIpc) is 2.84. The van der Waals surface area contributed by atoms with E-state index in [0.717, 1.165) is 35.3 Å². The van der Waals surface area contributed by atoms with Gasteiger partial charge in [0.05, 0.1) is 18.0 Å². The summed E-state index contributed by atoms with van der Waals surface area (Å²) >= 11 is 0. The van der Waals surface area contributed by atoms with Crippen LogP contribution in [0.1, 0.15) is 57.9 Å². The van der Waals surface area contributed by atoms with Crippen molar-refractivity contribution < 1.29 is 14.7 Å². The molecule has 1 amide bonds. The number of aryl methyl sites for hydroxylation is 1. The molecule has 1 fully saturated rings. The van der Waals surface area contributed by atoms with Crippen LogP contribution >= 0.6 is 0 Å². The highest BCUT2D eigenvalue weighted by Crippen LogP contribution is 2.35. The van der Waals surface area contributed by atoms with Crippen LogP contribution in [0.4, 0.5) is 5.69 Å². The summed E-state index contributed by atoms with van der Waals surface area (Å²) in [5.41, 5.74) is 5.52. The fourth-order valence-corrected chi connectivity index (χ4v) is 4.58. The van der Waals surface area contributed by atoms with E-state index in [4.69, 9.17) is 5.11 Å². The Balaban J connectivity index is 1.64. The Kier molecular flexibility index (Phi) is 7.08. The van der Waals surface area contributed by atoms with Crippen LogP contribution in [0.15, 0.2) is 72.8 Å². The lowest BCUT2D eigenvalue weighted by atomic mass is 9.91. The number of benzene rings is 3. The van der Waals surface area contributed by atoms with Gasteiger partial charge < -0.3 is 15.3 Å². The largest absolute Gasteiger partial charge is 0.478 e. The van der Waals surface area contributed by atoms with Crippen molar-refractivity contribution in [2.75, 3.05) is 18.0 Å². The minimum atomic E-state index is -0.972. The number of aromatic carboxylic acids is 1. The van der Waals surface area contributed by atoms with Gasteiger partial charge in [-0.2, -0.15) is 0 Å². The molecule has 1 aliphatic heterocycles. The highest BCUT2D eigenvalue weighted by atomic mass is 16.4. The number of anilines is 1. The van der Waals surface area contributed by atoms with E-state index in [1.54, 1.807) is 12.1 Å². The van der Waals surface area contributed by atoms with Gasteiger partial charge in [0.1, 0.15) is 0 Å². The first-order chi connectivity index (χ1) is 16.0. The Bertz CT molecular complexity index is 1100. The van der Waals surface area contributed by atoms with Gasteiger partial charge in [-0.25, -0.2) is 4.79 Å². The van der Waals surface area contributed by atoms with Gasteiger partial charge in [-0.3, -0.25) is 4.79 Å². The number of rotatable bonds is 7. The molecule has 0 aromatic heterocycles. The van der Waals surface area contributed by atoms with E-state index in [9.17, 15) is 9.59 Å². The molecule has 1 unspecified atom stereocenters. The molecular weight excluding hydrogens is 412 g/mol. The molecule has 170 valence electrons.